The number of nitrogens with two attached hydrogens (primary N) is 1. The number of hydrogen-bond donors (Lipinski definition) is 1. The SMILES string of the molecule is NC(=S)c1cc(Cn2nc3n(c2=O)CCCC3)ccc1F. The lowest BCUT2D eigenvalue weighted by Gasteiger charge is -2.09. The lowest BCUT2D eigenvalue weighted by atomic mass is 10.1. The minimum atomic E-state index is -0.456. The smallest absolute Gasteiger partial charge is 0.346 e. The van der Waals surface area contributed by atoms with Crippen molar-refractivity contribution in [2.75, 3.05) is 0 Å². The Hall–Kier alpha value is -2.02. The summed E-state index contributed by atoms with van der Waals surface area (Å²) in [6.45, 7) is 1.00. The van der Waals surface area contributed by atoms with Crippen molar-refractivity contribution in [1.29, 1.82) is 0 Å². The Morgan fingerprint density at radius 2 is 2.24 bits per heavy atom. The average Bonchev–Trinajstić information content (AvgIpc) is 2.78. The summed E-state index contributed by atoms with van der Waals surface area (Å²) in [5.41, 5.74) is 6.31. The zero-order valence-corrected chi connectivity index (χ0v) is 12.2. The Morgan fingerprint density at radius 1 is 1.43 bits per heavy atom. The number of nitrogens with zero attached hydrogens (tertiary/aromatic N) is 3. The molecule has 0 saturated heterocycles. The van der Waals surface area contributed by atoms with E-state index in [0.717, 1.165) is 37.2 Å². The van der Waals surface area contributed by atoms with Gasteiger partial charge in [0.05, 0.1) is 6.54 Å². The molecule has 0 unspecified atom stereocenters. The van der Waals surface area contributed by atoms with Crippen LogP contribution in [0.15, 0.2) is 23.0 Å². The maximum Gasteiger partial charge on any atom is 0.346 e. The maximum atomic E-state index is 13.6. The van der Waals surface area contributed by atoms with Crippen LogP contribution in [0.1, 0.15) is 29.8 Å². The minimum absolute atomic E-state index is 0.00540. The predicted molar refractivity (Wildman–Crippen MR) is 80.8 cm³/mol. The fraction of sp³-hybridized carbons (Fsp3) is 0.357. The molecule has 2 aromatic rings. The van der Waals surface area contributed by atoms with Gasteiger partial charge in [-0.25, -0.2) is 13.9 Å². The van der Waals surface area contributed by atoms with Crippen LogP contribution in [0.3, 0.4) is 0 Å². The van der Waals surface area contributed by atoms with Gasteiger partial charge in [0.25, 0.3) is 0 Å². The van der Waals surface area contributed by atoms with Gasteiger partial charge in [-0.2, -0.15) is 5.10 Å². The second kappa shape index (κ2) is 5.40. The van der Waals surface area contributed by atoms with Gasteiger partial charge < -0.3 is 5.73 Å². The third kappa shape index (κ3) is 2.61. The first-order valence-corrected chi connectivity index (χ1v) is 7.22. The molecule has 0 amide bonds. The molecule has 1 aliphatic rings. The average molecular weight is 306 g/mol. The van der Waals surface area contributed by atoms with Crippen LogP contribution < -0.4 is 11.4 Å². The Morgan fingerprint density at radius 3 is 2.95 bits per heavy atom. The largest absolute Gasteiger partial charge is 0.389 e. The topological polar surface area (TPSA) is 65.8 Å². The van der Waals surface area contributed by atoms with Crippen LogP contribution in [0.5, 0.6) is 0 Å². The zero-order valence-electron chi connectivity index (χ0n) is 11.4. The van der Waals surface area contributed by atoms with Crippen molar-refractivity contribution in [3.05, 3.63) is 51.5 Å². The summed E-state index contributed by atoms with van der Waals surface area (Å²) in [5.74, 6) is 0.366. The Balaban J connectivity index is 1.94. The lowest BCUT2D eigenvalue weighted by molar-refractivity contribution is 0.511. The Labute approximate surface area is 126 Å². The van der Waals surface area contributed by atoms with Gasteiger partial charge in [-0.3, -0.25) is 4.57 Å². The van der Waals surface area contributed by atoms with Crippen LogP contribution in [-0.2, 0) is 19.5 Å². The van der Waals surface area contributed by atoms with E-state index in [1.165, 1.54) is 10.7 Å². The highest BCUT2D eigenvalue weighted by Crippen LogP contribution is 2.13. The van der Waals surface area contributed by atoms with Crippen molar-refractivity contribution < 1.29 is 4.39 Å². The molecule has 5 nitrogen and oxygen atoms in total. The van der Waals surface area contributed by atoms with Crippen molar-refractivity contribution in [2.45, 2.75) is 32.4 Å². The molecule has 0 bridgehead atoms. The van der Waals surface area contributed by atoms with E-state index in [1.807, 2.05) is 0 Å². The molecule has 3 rings (SSSR count). The highest BCUT2D eigenvalue weighted by molar-refractivity contribution is 7.80. The molecule has 1 aromatic carbocycles. The quantitative estimate of drug-likeness (QED) is 0.866. The number of hydrogen-bond acceptors (Lipinski definition) is 3. The molecule has 110 valence electrons. The van der Waals surface area contributed by atoms with Crippen molar-refractivity contribution in [1.82, 2.24) is 14.3 Å². The number of benzene rings is 1. The highest BCUT2D eigenvalue weighted by atomic mass is 32.1. The lowest BCUT2D eigenvalue weighted by Crippen LogP contribution is -2.27. The molecule has 0 fully saturated rings. The van der Waals surface area contributed by atoms with Crippen LogP contribution in [0.4, 0.5) is 4.39 Å². The Bertz CT molecular complexity index is 765. The van der Waals surface area contributed by atoms with E-state index in [4.69, 9.17) is 18.0 Å². The molecule has 1 aliphatic heterocycles. The van der Waals surface area contributed by atoms with Crippen LogP contribution in [0.2, 0.25) is 0 Å². The van der Waals surface area contributed by atoms with Gasteiger partial charge in [-0.05, 0) is 30.5 Å². The van der Waals surface area contributed by atoms with Gasteiger partial charge >= 0.3 is 5.69 Å². The van der Waals surface area contributed by atoms with Crippen LogP contribution in [-0.4, -0.2) is 19.3 Å². The van der Waals surface area contributed by atoms with Crippen molar-refractivity contribution in [3.63, 3.8) is 0 Å². The first-order valence-electron chi connectivity index (χ1n) is 6.81. The van der Waals surface area contributed by atoms with E-state index in [9.17, 15) is 9.18 Å². The van der Waals surface area contributed by atoms with E-state index in [2.05, 4.69) is 5.10 Å². The first kappa shape index (κ1) is 13.9. The van der Waals surface area contributed by atoms with Crippen LogP contribution in [0, 0.1) is 5.82 Å². The summed E-state index contributed by atoms with van der Waals surface area (Å²) in [6, 6.07) is 4.50. The van der Waals surface area contributed by atoms with Crippen molar-refractivity contribution in [3.8, 4) is 0 Å². The molecule has 2 heterocycles. The van der Waals surface area contributed by atoms with E-state index in [0.29, 0.717) is 0 Å². The number of aromatic nitrogens is 3. The van der Waals surface area contributed by atoms with E-state index < -0.39 is 5.82 Å². The molecule has 21 heavy (non-hydrogen) atoms. The van der Waals surface area contributed by atoms with Gasteiger partial charge in [-0.15, -0.1) is 0 Å². The highest BCUT2D eigenvalue weighted by Gasteiger charge is 2.17. The van der Waals surface area contributed by atoms with E-state index >= 15 is 0 Å². The summed E-state index contributed by atoms with van der Waals surface area (Å²) < 4.78 is 16.7. The number of halogens is 1. The maximum absolute atomic E-state index is 13.6. The second-order valence-electron chi connectivity index (χ2n) is 5.14. The van der Waals surface area contributed by atoms with Crippen LogP contribution >= 0.6 is 12.2 Å². The molecule has 2 N–H and O–H groups in total. The molecule has 0 spiro atoms. The van der Waals surface area contributed by atoms with Gasteiger partial charge in [-0.1, -0.05) is 18.3 Å². The fourth-order valence-corrected chi connectivity index (χ4v) is 2.74. The molecule has 0 aliphatic carbocycles. The standard InChI is InChI=1S/C14H15FN4OS/c15-11-5-4-9(7-10(11)13(16)21)8-19-14(20)18-6-2-1-3-12(18)17-19/h4-5,7H,1-3,6,8H2,(H2,16,21). The third-order valence-electron chi connectivity index (χ3n) is 3.66. The molecule has 0 radical (unpaired) electrons. The Kier molecular flexibility index (Phi) is 3.59. The molecule has 7 heteroatoms. The number of aryl methyl sites for hydroxylation is 1. The molecule has 0 atom stereocenters. The van der Waals surface area contributed by atoms with Gasteiger partial charge in [0.1, 0.15) is 16.6 Å². The summed E-state index contributed by atoms with van der Waals surface area (Å²) in [5, 5.41) is 4.35. The van der Waals surface area contributed by atoms with Crippen LogP contribution in [0.25, 0.3) is 0 Å². The molecular formula is C14H15FN4OS. The summed E-state index contributed by atoms with van der Waals surface area (Å²) in [6.07, 6.45) is 2.88. The van der Waals surface area contributed by atoms with Gasteiger partial charge in [0.15, 0.2) is 0 Å². The molecular weight excluding hydrogens is 291 g/mol. The third-order valence-corrected chi connectivity index (χ3v) is 3.88. The predicted octanol–water partition coefficient (Wildman–Crippen LogP) is 1.20. The minimum Gasteiger partial charge on any atom is -0.389 e. The zero-order chi connectivity index (χ0) is 15.0. The number of thiocarbonyl (C=S) groups is 1. The molecule has 1 aromatic heterocycles. The van der Waals surface area contributed by atoms with Crippen molar-refractivity contribution >= 4 is 17.2 Å². The fourth-order valence-electron chi connectivity index (χ4n) is 2.58. The van der Waals surface area contributed by atoms with Crippen molar-refractivity contribution in [2.24, 2.45) is 5.73 Å². The van der Waals surface area contributed by atoms with Gasteiger partial charge in [0.2, 0.25) is 0 Å². The normalized spacial score (nSPS) is 14.0. The summed E-state index contributed by atoms with van der Waals surface area (Å²) in [7, 11) is 0. The number of fused-ring (bicyclic) bond motifs is 1. The second-order valence-corrected chi connectivity index (χ2v) is 5.58. The van der Waals surface area contributed by atoms with Gasteiger partial charge in [0, 0.05) is 18.5 Å². The van der Waals surface area contributed by atoms with E-state index in [-0.39, 0.29) is 22.8 Å². The summed E-state index contributed by atoms with van der Waals surface area (Å²) >= 11 is 4.82. The first-order chi connectivity index (χ1) is 10.1. The number of rotatable bonds is 3. The molecule has 0 saturated carbocycles. The summed E-state index contributed by atoms with van der Waals surface area (Å²) in [4.78, 5) is 12.2. The monoisotopic (exact) mass is 306 g/mol. The van der Waals surface area contributed by atoms with E-state index in [1.54, 1.807) is 16.7 Å².